The van der Waals surface area contributed by atoms with E-state index in [0.717, 1.165) is 12.4 Å². The van der Waals surface area contributed by atoms with E-state index >= 15 is 0 Å². The highest BCUT2D eigenvalue weighted by Crippen LogP contribution is 2.31. The smallest absolute Gasteiger partial charge is 0.334 e. The maximum Gasteiger partial charge on any atom is 0.355 e. The van der Waals surface area contributed by atoms with E-state index in [2.05, 4.69) is 31.1 Å². The highest BCUT2D eigenvalue weighted by molar-refractivity contribution is 6.31. The average Bonchev–Trinajstić information content (AvgIpc) is 2.69. The second-order valence-electron chi connectivity index (χ2n) is 5.22. The third-order valence-corrected chi connectivity index (χ3v) is 3.67. The molecule has 0 saturated heterocycles. The molecule has 0 aliphatic rings. The molecule has 2 heterocycles. The molecular weight excluding hydrogens is 393 g/mol. The number of nitro groups is 1. The van der Waals surface area contributed by atoms with Gasteiger partial charge in [0.2, 0.25) is 11.6 Å². The number of carbonyl (C=O) groups excluding carboxylic acids is 1. The van der Waals surface area contributed by atoms with E-state index in [1.165, 1.54) is 24.4 Å². The first-order valence-electron chi connectivity index (χ1n) is 7.64. The van der Waals surface area contributed by atoms with Gasteiger partial charge in [0.25, 0.3) is 5.91 Å². The van der Waals surface area contributed by atoms with Gasteiger partial charge in [-0.2, -0.15) is 0 Å². The van der Waals surface area contributed by atoms with Gasteiger partial charge in [-0.3, -0.25) is 30.7 Å². The van der Waals surface area contributed by atoms with Crippen LogP contribution in [0, 0.1) is 15.9 Å². The molecule has 0 saturated carbocycles. The van der Waals surface area contributed by atoms with E-state index in [0.29, 0.717) is 0 Å². The fourth-order valence-electron chi connectivity index (χ4n) is 2.12. The lowest BCUT2D eigenvalue weighted by Gasteiger charge is -2.11. The van der Waals surface area contributed by atoms with Gasteiger partial charge in [-0.1, -0.05) is 17.7 Å². The Morgan fingerprint density at radius 3 is 2.61 bits per heavy atom. The highest BCUT2D eigenvalue weighted by atomic mass is 35.5. The first-order chi connectivity index (χ1) is 13.5. The Balaban J connectivity index is 1.84. The summed E-state index contributed by atoms with van der Waals surface area (Å²) in [5.74, 6) is -1.70. The van der Waals surface area contributed by atoms with Gasteiger partial charge in [0.05, 0.1) is 9.95 Å². The quantitative estimate of drug-likeness (QED) is 0.422. The summed E-state index contributed by atoms with van der Waals surface area (Å²) in [5, 5.41) is 14.0. The number of anilines is 3. The largest absolute Gasteiger partial charge is 0.355 e. The van der Waals surface area contributed by atoms with Crippen LogP contribution in [0.5, 0.6) is 0 Å². The van der Waals surface area contributed by atoms with Crippen molar-refractivity contribution in [2.75, 3.05) is 10.7 Å². The van der Waals surface area contributed by atoms with Crippen molar-refractivity contribution in [3.63, 3.8) is 0 Å². The number of pyridine rings is 1. The Bertz CT molecular complexity index is 1040. The molecule has 3 aromatic rings. The van der Waals surface area contributed by atoms with Gasteiger partial charge in [-0.05, 0) is 30.3 Å². The fraction of sp³-hybridized carbons (Fsp3) is 0. The number of halogens is 2. The van der Waals surface area contributed by atoms with Gasteiger partial charge in [0.1, 0.15) is 17.8 Å². The van der Waals surface area contributed by atoms with Crippen molar-refractivity contribution in [3.8, 4) is 0 Å². The third kappa shape index (κ3) is 4.27. The highest BCUT2D eigenvalue weighted by Gasteiger charge is 2.24. The SMILES string of the molecule is O=C(NNc1ncnc(Nc2ccc(F)c(Cl)c2)c1[N+](=O)[O-])c1ccccn1. The molecule has 0 unspecified atom stereocenters. The van der Waals surface area contributed by atoms with Gasteiger partial charge < -0.3 is 5.32 Å². The number of rotatable bonds is 6. The van der Waals surface area contributed by atoms with Gasteiger partial charge >= 0.3 is 5.69 Å². The predicted molar refractivity (Wildman–Crippen MR) is 98.7 cm³/mol. The standard InChI is InChI=1S/C16H11ClFN7O3/c17-10-7-9(4-5-11(10)18)22-14-13(25(27)28)15(21-8-20-14)23-24-16(26)12-3-1-2-6-19-12/h1-8H,(H,24,26)(H2,20,21,22,23). The van der Waals surface area contributed by atoms with Crippen LogP contribution in [0.2, 0.25) is 5.02 Å². The number of nitrogens with one attached hydrogen (secondary N) is 3. The van der Waals surface area contributed by atoms with Crippen LogP contribution in [0.3, 0.4) is 0 Å². The van der Waals surface area contributed by atoms with E-state index < -0.39 is 22.3 Å². The molecule has 1 amide bonds. The molecule has 10 nitrogen and oxygen atoms in total. The summed E-state index contributed by atoms with van der Waals surface area (Å²) in [6.45, 7) is 0. The summed E-state index contributed by atoms with van der Waals surface area (Å²) in [7, 11) is 0. The first-order valence-corrected chi connectivity index (χ1v) is 8.02. The predicted octanol–water partition coefficient (Wildman–Crippen LogP) is 3.07. The van der Waals surface area contributed by atoms with Crippen molar-refractivity contribution >= 4 is 40.5 Å². The molecule has 0 fully saturated rings. The number of hydrazine groups is 1. The summed E-state index contributed by atoms with van der Waals surface area (Å²) >= 11 is 5.71. The van der Waals surface area contributed by atoms with E-state index in [9.17, 15) is 19.3 Å². The second-order valence-corrected chi connectivity index (χ2v) is 5.63. The van der Waals surface area contributed by atoms with Crippen molar-refractivity contribution in [1.82, 2.24) is 20.4 Å². The van der Waals surface area contributed by atoms with Gasteiger partial charge in [0, 0.05) is 11.9 Å². The van der Waals surface area contributed by atoms with Crippen LogP contribution >= 0.6 is 11.6 Å². The number of aromatic nitrogens is 3. The maximum atomic E-state index is 13.3. The molecule has 28 heavy (non-hydrogen) atoms. The van der Waals surface area contributed by atoms with Crippen molar-refractivity contribution in [1.29, 1.82) is 0 Å². The van der Waals surface area contributed by atoms with Crippen molar-refractivity contribution in [3.05, 3.63) is 75.6 Å². The lowest BCUT2D eigenvalue weighted by Crippen LogP contribution is -2.31. The fourth-order valence-corrected chi connectivity index (χ4v) is 2.30. The zero-order chi connectivity index (χ0) is 20.1. The van der Waals surface area contributed by atoms with Gasteiger partial charge in [-0.15, -0.1) is 0 Å². The molecule has 3 N–H and O–H groups in total. The summed E-state index contributed by atoms with van der Waals surface area (Å²) in [5.41, 5.74) is 4.49. The summed E-state index contributed by atoms with van der Waals surface area (Å²) in [4.78, 5) is 34.3. The molecule has 3 rings (SSSR count). The van der Waals surface area contributed by atoms with Crippen LogP contribution in [-0.4, -0.2) is 25.8 Å². The second kappa shape index (κ2) is 8.22. The molecule has 0 radical (unpaired) electrons. The Kier molecular flexibility index (Phi) is 5.56. The molecule has 0 spiro atoms. The summed E-state index contributed by atoms with van der Waals surface area (Å²) in [6.07, 6.45) is 2.48. The molecule has 0 aliphatic carbocycles. The van der Waals surface area contributed by atoms with E-state index in [1.54, 1.807) is 12.1 Å². The zero-order valence-corrected chi connectivity index (χ0v) is 14.6. The van der Waals surface area contributed by atoms with Crippen molar-refractivity contribution in [2.45, 2.75) is 0 Å². The molecular formula is C16H11ClFN7O3. The van der Waals surface area contributed by atoms with Crippen LogP contribution in [0.25, 0.3) is 0 Å². The molecule has 142 valence electrons. The van der Waals surface area contributed by atoms with Gasteiger partial charge in [-0.25, -0.2) is 14.4 Å². The molecule has 2 aromatic heterocycles. The number of hydrogen-bond donors (Lipinski definition) is 3. The third-order valence-electron chi connectivity index (χ3n) is 3.38. The van der Waals surface area contributed by atoms with Crippen LogP contribution in [-0.2, 0) is 0 Å². The number of carbonyl (C=O) groups is 1. The zero-order valence-electron chi connectivity index (χ0n) is 13.9. The minimum atomic E-state index is -0.733. The molecule has 1 aromatic carbocycles. The number of benzene rings is 1. The van der Waals surface area contributed by atoms with Crippen molar-refractivity contribution < 1.29 is 14.1 Å². The first kappa shape index (κ1) is 18.9. The minimum absolute atomic E-state index is 0.103. The van der Waals surface area contributed by atoms with Crippen molar-refractivity contribution in [2.24, 2.45) is 0 Å². The van der Waals surface area contributed by atoms with Crippen LogP contribution < -0.4 is 16.2 Å². The maximum absolute atomic E-state index is 13.3. The number of hydrogen-bond acceptors (Lipinski definition) is 8. The molecule has 0 aliphatic heterocycles. The Morgan fingerprint density at radius 2 is 1.93 bits per heavy atom. The molecule has 12 heteroatoms. The van der Waals surface area contributed by atoms with E-state index in [4.69, 9.17) is 11.6 Å². The van der Waals surface area contributed by atoms with Gasteiger partial charge in [0.15, 0.2) is 0 Å². The lowest BCUT2D eigenvalue weighted by molar-refractivity contribution is -0.383. The van der Waals surface area contributed by atoms with E-state index in [-0.39, 0.29) is 28.0 Å². The average molecular weight is 404 g/mol. The number of nitrogens with zero attached hydrogens (tertiary/aromatic N) is 4. The Labute approximate surface area is 161 Å². The summed E-state index contributed by atoms with van der Waals surface area (Å²) < 4.78 is 13.3. The normalized spacial score (nSPS) is 10.2. The molecule has 0 atom stereocenters. The minimum Gasteiger partial charge on any atom is -0.334 e. The summed E-state index contributed by atoms with van der Waals surface area (Å²) in [6, 6.07) is 8.41. The van der Waals surface area contributed by atoms with Crippen LogP contribution in [0.4, 0.5) is 27.4 Å². The monoisotopic (exact) mass is 403 g/mol. The topological polar surface area (TPSA) is 135 Å². The van der Waals surface area contributed by atoms with E-state index in [1.807, 2.05) is 0 Å². The Morgan fingerprint density at radius 1 is 1.14 bits per heavy atom. The van der Waals surface area contributed by atoms with Crippen LogP contribution in [0.15, 0.2) is 48.9 Å². The molecule has 0 bridgehead atoms. The number of amides is 1. The van der Waals surface area contributed by atoms with Crippen LogP contribution in [0.1, 0.15) is 10.5 Å². The Hall–Kier alpha value is -3.86. The lowest BCUT2D eigenvalue weighted by atomic mass is 10.3.